The van der Waals surface area contributed by atoms with Crippen LogP contribution < -0.4 is 0 Å². The molecule has 0 saturated heterocycles. The van der Waals surface area contributed by atoms with Crippen molar-refractivity contribution in [3.05, 3.63) is 47.5 Å². The van der Waals surface area contributed by atoms with E-state index in [1.807, 2.05) is 0 Å². The molecule has 0 fully saturated rings. The molecule has 0 aromatic heterocycles. The van der Waals surface area contributed by atoms with Gasteiger partial charge in [0.15, 0.2) is 0 Å². The van der Waals surface area contributed by atoms with Gasteiger partial charge in [-0.1, -0.05) is 36.4 Å². The van der Waals surface area contributed by atoms with E-state index in [0.29, 0.717) is 11.8 Å². The smallest absolute Gasteiger partial charge is 0.0388 e. The maximum Gasteiger partial charge on any atom is 0.0388 e. The minimum absolute atomic E-state index is 0.0452. The Hall–Kier alpha value is -0.140. The van der Waals surface area contributed by atoms with Crippen LogP contribution >= 0.6 is 46.4 Å². The van der Waals surface area contributed by atoms with Crippen LogP contribution in [0.5, 0.6) is 0 Å². The lowest BCUT2D eigenvalue weighted by molar-refractivity contribution is 0.776. The van der Waals surface area contributed by atoms with Gasteiger partial charge in [-0.05, 0) is 47.6 Å². The Labute approximate surface area is 152 Å². The molecule has 0 spiro atoms. The van der Waals surface area contributed by atoms with Crippen LogP contribution in [0.3, 0.4) is 0 Å². The molecule has 0 amide bonds. The van der Waals surface area contributed by atoms with Crippen LogP contribution in [0.2, 0.25) is 0 Å². The van der Waals surface area contributed by atoms with Gasteiger partial charge in [0.2, 0.25) is 0 Å². The van der Waals surface area contributed by atoms with Crippen molar-refractivity contribution in [1.82, 2.24) is 0 Å². The van der Waals surface area contributed by atoms with Crippen molar-refractivity contribution in [2.45, 2.75) is 36.4 Å². The van der Waals surface area contributed by atoms with Crippen LogP contribution in [-0.4, -0.2) is 22.5 Å². The number of hydrogen-bond acceptors (Lipinski definition) is 0. The summed E-state index contributed by atoms with van der Waals surface area (Å²) in [6, 6.07) is 12.7. The summed E-state index contributed by atoms with van der Waals surface area (Å²) in [4.78, 5) is 0. The Morgan fingerprint density at radius 1 is 0.773 bits per heavy atom. The van der Waals surface area contributed by atoms with E-state index < -0.39 is 0 Å². The van der Waals surface area contributed by atoms with E-state index in [-0.39, 0.29) is 10.8 Å². The minimum Gasteiger partial charge on any atom is -0.127 e. The SMILES string of the molecule is ClCCC(Cl)Cc1ccc2ccccc2c1CC(Cl)CCCl. The molecule has 4 heteroatoms. The molecule has 0 saturated carbocycles. The highest BCUT2D eigenvalue weighted by atomic mass is 35.5. The lowest BCUT2D eigenvalue weighted by Gasteiger charge is -2.17. The van der Waals surface area contributed by atoms with E-state index in [9.17, 15) is 0 Å². The maximum absolute atomic E-state index is 6.45. The molecule has 0 aliphatic carbocycles. The number of halogens is 4. The van der Waals surface area contributed by atoms with Gasteiger partial charge in [-0.15, -0.1) is 46.4 Å². The fraction of sp³-hybridized carbons (Fsp3) is 0.444. The highest BCUT2D eigenvalue weighted by molar-refractivity contribution is 6.23. The van der Waals surface area contributed by atoms with Crippen molar-refractivity contribution in [2.24, 2.45) is 0 Å². The van der Waals surface area contributed by atoms with Gasteiger partial charge in [-0.2, -0.15) is 0 Å². The molecular weight excluding hydrogens is 358 g/mol. The zero-order valence-electron chi connectivity index (χ0n) is 12.4. The molecule has 0 N–H and O–H groups in total. The van der Waals surface area contributed by atoms with Gasteiger partial charge < -0.3 is 0 Å². The summed E-state index contributed by atoms with van der Waals surface area (Å²) in [5.74, 6) is 1.17. The van der Waals surface area contributed by atoms with E-state index in [1.165, 1.54) is 21.9 Å². The van der Waals surface area contributed by atoms with Crippen LogP contribution in [-0.2, 0) is 12.8 Å². The summed E-state index contributed by atoms with van der Waals surface area (Å²) >= 11 is 24.5. The first-order valence-corrected chi connectivity index (χ1v) is 9.49. The first kappa shape index (κ1) is 18.2. The van der Waals surface area contributed by atoms with Crippen molar-refractivity contribution in [3.63, 3.8) is 0 Å². The van der Waals surface area contributed by atoms with Crippen LogP contribution in [0.4, 0.5) is 0 Å². The number of alkyl halides is 4. The van der Waals surface area contributed by atoms with Crippen molar-refractivity contribution in [1.29, 1.82) is 0 Å². The van der Waals surface area contributed by atoms with Gasteiger partial charge in [0.25, 0.3) is 0 Å². The maximum atomic E-state index is 6.45. The number of hydrogen-bond donors (Lipinski definition) is 0. The largest absolute Gasteiger partial charge is 0.127 e. The first-order valence-electron chi connectivity index (χ1n) is 7.55. The third-order valence-corrected chi connectivity index (χ3v) is 5.03. The molecule has 2 atom stereocenters. The van der Waals surface area contributed by atoms with Crippen LogP contribution in [0.15, 0.2) is 36.4 Å². The lowest BCUT2D eigenvalue weighted by Crippen LogP contribution is -2.11. The standard InChI is InChI=1S/C18H20Cl4/c19-9-7-15(21)11-14-6-5-13-3-1-2-4-17(13)18(14)12-16(22)8-10-20/h1-6,15-16H,7-12H2. The average Bonchev–Trinajstić information content (AvgIpc) is 2.50. The zero-order valence-corrected chi connectivity index (χ0v) is 15.4. The van der Waals surface area contributed by atoms with E-state index >= 15 is 0 Å². The Balaban J connectivity index is 2.36. The topological polar surface area (TPSA) is 0 Å². The van der Waals surface area contributed by atoms with Crippen molar-refractivity contribution in [2.75, 3.05) is 11.8 Å². The van der Waals surface area contributed by atoms with Crippen LogP contribution in [0.25, 0.3) is 10.8 Å². The third-order valence-electron chi connectivity index (χ3n) is 3.85. The second-order valence-electron chi connectivity index (χ2n) is 5.48. The second kappa shape index (κ2) is 9.23. The van der Waals surface area contributed by atoms with E-state index in [0.717, 1.165) is 25.7 Å². The van der Waals surface area contributed by atoms with E-state index in [4.69, 9.17) is 46.4 Å². The number of rotatable bonds is 8. The first-order chi connectivity index (χ1) is 10.7. The Morgan fingerprint density at radius 2 is 1.41 bits per heavy atom. The molecule has 2 unspecified atom stereocenters. The molecule has 120 valence electrons. The molecule has 0 aliphatic heterocycles. The average molecular weight is 378 g/mol. The summed E-state index contributed by atoms with van der Waals surface area (Å²) in [5.41, 5.74) is 2.56. The summed E-state index contributed by atoms with van der Waals surface area (Å²) in [5, 5.41) is 2.59. The van der Waals surface area contributed by atoms with Crippen molar-refractivity contribution >= 4 is 57.2 Å². The predicted molar refractivity (Wildman–Crippen MR) is 101 cm³/mol. The van der Waals surface area contributed by atoms with Gasteiger partial charge in [0.1, 0.15) is 0 Å². The molecular formula is C18H20Cl4. The molecule has 0 radical (unpaired) electrons. The highest BCUT2D eigenvalue weighted by Gasteiger charge is 2.15. The van der Waals surface area contributed by atoms with Gasteiger partial charge in [-0.3, -0.25) is 0 Å². The Bertz CT molecular complexity index is 597. The normalized spacial score (nSPS) is 14.2. The zero-order chi connectivity index (χ0) is 15.9. The summed E-state index contributed by atoms with van der Waals surface area (Å²) in [7, 11) is 0. The molecule has 2 aromatic carbocycles. The summed E-state index contributed by atoms with van der Waals surface area (Å²) in [6.07, 6.45) is 3.24. The van der Waals surface area contributed by atoms with Crippen molar-refractivity contribution < 1.29 is 0 Å². The fourth-order valence-corrected chi connectivity index (χ4v) is 4.00. The molecule has 0 aliphatic rings. The van der Waals surface area contributed by atoms with Gasteiger partial charge in [-0.25, -0.2) is 0 Å². The van der Waals surface area contributed by atoms with Gasteiger partial charge >= 0.3 is 0 Å². The lowest BCUT2D eigenvalue weighted by atomic mass is 9.92. The number of fused-ring (bicyclic) bond motifs is 1. The number of benzene rings is 2. The molecule has 0 bridgehead atoms. The summed E-state index contributed by atoms with van der Waals surface area (Å²) < 4.78 is 0. The van der Waals surface area contributed by atoms with Gasteiger partial charge in [0.05, 0.1) is 0 Å². The molecule has 2 rings (SSSR count). The third kappa shape index (κ3) is 4.93. The Kier molecular flexibility index (Phi) is 7.63. The molecule has 2 aromatic rings. The molecule has 22 heavy (non-hydrogen) atoms. The highest BCUT2D eigenvalue weighted by Crippen LogP contribution is 2.28. The van der Waals surface area contributed by atoms with Crippen molar-refractivity contribution in [3.8, 4) is 0 Å². The predicted octanol–water partition coefficient (Wildman–Crippen LogP) is 6.40. The summed E-state index contributed by atoms with van der Waals surface area (Å²) in [6.45, 7) is 0. The Morgan fingerprint density at radius 3 is 2.09 bits per heavy atom. The van der Waals surface area contributed by atoms with Crippen LogP contribution in [0.1, 0.15) is 24.0 Å². The second-order valence-corrected chi connectivity index (χ2v) is 7.47. The van der Waals surface area contributed by atoms with Gasteiger partial charge in [0, 0.05) is 22.5 Å². The minimum atomic E-state index is 0.0452. The van der Waals surface area contributed by atoms with Crippen LogP contribution in [0, 0.1) is 0 Å². The quantitative estimate of drug-likeness (QED) is 0.467. The van der Waals surface area contributed by atoms with E-state index in [1.54, 1.807) is 0 Å². The van der Waals surface area contributed by atoms with E-state index in [2.05, 4.69) is 36.4 Å². The fourth-order valence-electron chi connectivity index (χ4n) is 2.71. The monoisotopic (exact) mass is 376 g/mol. The molecule has 0 nitrogen and oxygen atoms in total. The molecule has 0 heterocycles.